The molecule has 4 rings (SSSR count). The Morgan fingerprint density at radius 2 is 2.14 bits per heavy atom. The number of rotatable bonds is 2. The summed E-state index contributed by atoms with van der Waals surface area (Å²) in [5, 5.41) is 5.35. The van der Waals surface area contributed by atoms with Crippen molar-refractivity contribution in [2.75, 3.05) is 0 Å². The van der Waals surface area contributed by atoms with Crippen molar-refractivity contribution in [3.8, 4) is 22.1 Å². The van der Waals surface area contributed by atoms with Crippen molar-refractivity contribution in [1.29, 1.82) is 0 Å². The van der Waals surface area contributed by atoms with Crippen LogP contribution in [0.2, 0.25) is 0 Å². The van der Waals surface area contributed by atoms with Crippen LogP contribution >= 0.6 is 23.7 Å². The number of ether oxygens (including phenoxy) is 1. The molecule has 0 radical (unpaired) electrons. The smallest absolute Gasteiger partial charge is 0.190 e. The standard InChI is InChI=1S/C16H15N3OS.ClH/c1-10-13-6-5-11-8-18-19(2)15(11)14(13)16(21-10)20-12-4-3-7-17-9-12;/h3-4,7-9H,5-6H2,1-2H3;1H. The number of pyridine rings is 1. The zero-order valence-electron chi connectivity index (χ0n) is 12.4. The number of halogens is 1. The average Bonchev–Trinajstić information content (AvgIpc) is 3.02. The first-order valence-electron chi connectivity index (χ1n) is 6.95. The van der Waals surface area contributed by atoms with Gasteiger partial charge < -0.3 is 4.74 Å². The summed E-state index contributed by atoms with van der Waals surface area (Å²) < 4.78 is 8.05. The van der Waals surface area contributed by atoms with Crippen molar-refractivity contribution in [3.63, 3.8) is 0 Å². The van der Waals surface area contributed by atoms with Crippen LogP contribution in [0.25, 0.3) is 11.3 Å². The minimum Gasteiger partial charge on any atom is -0.444 e. The monoisotopic (exact) mass is 333 g/mol. The van der Waals surface area contributed by atoms with E-state index >= 15 is 0 Å². The normalized spacial score (nSPS) is 12.3. The van der Waals surface area contributed by atoms with E-state index < -0.39 is 0 Å². The Kier molecular flexibility index (Phi) is 3.93. The number of thiophene rings is 1. The predicted molar refractivity (Wildman–Crippen MR) is 90.2 cm³/mol. The molecule has 1 aliphatic carbocycles. The SMILES string of the molecule is Cc1sc(Oc2cccnc2)c2c1CCc1cnn(C)c1-2.Cl. The van der Waals surface area contributed by atoms with Gasteiger partial charge in [0.05, 0.1) is 23.7 Å². The maximum Gasteiger partial charge on any atom is 0.190 e. The molecule has 0 N–H and O–H groups in total. The highest BCUT2D eigenvalue weighted by Crippen LogP contribution is 2.47. The summed E-state index contributed by atoms with van der Waals surface area (Å²) in [7, 11) is 1.99. The molecule has 0 aromatic carbocycles. The molecule has 3 aromatic heterocycles. The van der Waals surface area contributed by atoms with Gasteiger partial charge in [0.15, 0.2) is 5.06 Å². The first-order chi connectivity index (χ1) is 10.2. The van der Waals surface area contributed by atoms with E-state index in [9.17, 15) is 0 Å². The number of aromatic nitrogens is 3. The summed E-state index contributed by atoms with van der Waals surface area (Å²) in [4.78, 5) is 5.44. The molecule has 6 heteroatoms. The third-order valence-electron chi connectivity index (χ3n) is 3.92. The van der Waals surface area contributed by atoms with Gasteiger partial charge in [0, 0.05) is 18.1 Å². The van der Waals surface area contributed by atoms with Crippen molar-refractivity contribution >= 4 is 23.7 Å². The van der Waals surface area contributed by atoms with E-state index in [0.29, 0.717) is 0 Å². The molecular formula is C16H16ClN3OS. The second-order valence-electron chi connectivity index (χ2n) is 5.23. The first-order valence-corrected chi connectivity index (χ1v) is 7.77. The van der Waals surface area contributed by atoms with Crippen LogP contribution in [0.15, 0.2) is 30.7 Å². The van der Waals surface area contributed by atoms with Crippen molar-refractivity contribution in [2.45, 2.75) is 19.8 Å². The highest BCUT2D eigenvalue weighted by atomic mass is 35.5. The van der Waals surface area contributed by atoms with Crippen molar-refractivity contribution in [3.05, 3.63) is 46.7 Å². The van der Waals surface area contributed by atoms with E-state index in [1.807, 2.05) is 30.1 Å². The van der Waals surface area contributed by atoms with Crippen LogP contribution in [0.5, 0.6) is 10.8 Å². The fourth-order valence-corrected chi connectivity index (χ4v) is 3.99. The second kappa shape index (κ2) is 5.74. The molecule has 3 heterocycles. The van der Waals surface area contributed by atoms with Crippen LogP contribution in [-0.4, -0.2) is 14.8 Å². The predicted octanol–water partition coefficient (Wildman–Crippen LogP) is 4.16. The molecule has 0 atom stereocenters. The Bertz CT molecular complexity index is 810. The average molecular weight is 334 g/mol. The van der Waals surface area contributed by atoms with Crippen molar-refractivity contribution in [2.24, 2.45) is 7.05 Å². The van der Waals surface area contributed by atoms with Gasteiger partial charge in [0.2, 0.25) is 0 Å². The van der Waals surface area contributed by atoms with Gasteiger partial charge in [-0.1, -0.05) is 0 Å². The minimum absolute atomic E-state index is 0. The summed E-state index contributed by atoms with van der Waals surface area (Å²) in [5.41, 5.74) is 5.11. The topological polar surface area (TPSA) is 39.9 Å². The molecule has 0 fully saturated rings. The van der Waals surface area contributed by atoms with E-state index in [2.05, 4.69) is 17.0 Å². The summed E-state index contributed by atoms with van der Waals surface area (Å²) in [5.74, 6) is 0.774. The molecule has 0 unspecified atom stereocenters. The van der Waals surface area contributed by atoms with Gasteiger partial charge in [-0.05, 0) is 43.0 Å². The molecule has 1 aliphatic rings. The van der Waals surface area contributed by atoms with Gasteiger partial charge >= 0.3 is 0 Å². The first kappa shape index (κ1) is 15.1. The van der Waals surface area contributed by atoms with Crippen LogP contribution in [0.3, 0.4) is 0 Å². The molecule has 0 amide bonds. The highest BCUT2D eigenvalue weighted by Gasteiger charge is 2.27. The largest absolute Gasteiger partial charge is 0.444 e. The van der Waals surface area contributed by atoms with Crippen LogP contribution in [-0.2, 0) is 19.9 Å². The zero-order valence-corrected chi connectivity index (χ0v) is 14.0. The van der Waals surface area contributed by atoms with E-state index in [4.69, 9.17) is 4.74 Å². The number of fused-ring (bicyclic) bond motifs is 3. The molecule has 0 spiro atoms. The Balaban J connectivity index is 0.00000144. The number of aryl methyl sites for hydroxylation is 3. The Hall–Kier alpha value is -1.85. The Morgan fingerprint density at radius 3 is 2.91 bits per heavy atom. The molecule has 22 heavy (non-hydrogen) atoms. The zero-order chi connectivity index (χ0) is 14.4. The molecule has 0 saturated heterocycles. The lowest BCUT2D eigenvalue weighted by Gasteiger charge is -2.16. The molecular weight excluding hydrogens is 318 g/mol. The van der Waals surface area contributed by atoms with Crippen LogP contribution in [0, 0.1) is 6.92 Å². The third kappa shape index (κ3) is 2.30. The van der Waals surface area contributed by atoms with Crippen molar-refractivity contribution in [1.82, 2.24) is 14.8 Å². The maximum atomic E-state index is 6.09. The fraction of sp³-hybridized carbons (Fsp3) is 0.250. The summed E-state index contributed by atoms with van der Waals surface area (Å²) in [6.07, 6.45) is 7.58. The van der Waals surface area contributed by atoms with Crippen LogP contribution in [0.1, 0.15) is 16.0 Å². The highest BCUT2D eigenvalue weighted by molar-refractivity contribution is 7.14. The Morgan fingerprint density at radius 1 is 1.27 bits per heavy atom. The van der Waals surface area contributed by atoms with Gasteiger partial charge in [-0.2, -0.15) is 5.10 Å². The van der Waals surface area contributed by atoms with E-state index in [1.165, 1.54) is 27.3 Å². The van der Waals surface area contributed by atoms with Gasteiger partial charge in [0.1, 0.15) is 5.75 Å². The summed E-state index contributed by atoms with van der Waals surface area (Å²) in [6.45, 7) is 2.17. The lowest BCUT2D eigenvalue weighted by atomic mass is 9.92. The second-order valence-corrected chi connectivity index (χ2v) is 6.42. The molecule has 0 bridgehead atoms. The molecule has 114 valence electrons. The molecule has 4 nitrogen and oxygen atoms in total. The van der Waals surface area contributed by atoms with Crippen LogP contribution < -0.4 is 4.74 Å². The van der Waals surface area contributed by atoms with Gasteiger partial charge in [-0.25, -0.2) is 0 Å². The minimum atomic E-state index is 0. The fourth-order valence-electron chi connectivity index (χ4n) is 2.93. The third-order valence-corrected chi connectivity index (χ3v) is 4.94. The molecule has 3 aromatic rings. The van der Waals surface area contributed by atoms with Gasteiger partial charge in [-0.3, -0.25) is 9.67 Å². The Labute approximate surface area is 139 Å². The van der Waals surface area contributed by atoms with E-state index in [0.717, 1.165) is 23.7 Å². The number of hydrogen-bond donors (Lipinski definition) is 0. The van der Waals surface area contributed by atoms with Gasteiger partial charge in [0.25, 0.3) is 0 Å². The lowest BCUT2D eigenvalue weighted by molar-refractivity contribution is 0.494. The molecule has 0 saturated carbocycles. The number of nitrogens with zero attached hydrogens (tertiary/aromatic N) is 3. The number of hydrogen-bond acceptors (Lipinski definition) is 4. The van der Waals surface area contributed by atoms with Gasteiger partial charge in [-0.15, -0.1) is 23.7 Å². The summed E-state index contributed by atoms with van der Waals surface area (Å²) >= 11 is 1.71. The summed E-state index contributed by atoms with van der Waals surface area (Å²) in [6, 6.07) is 3.82. The quantitative estimate of drug-likeness (QED) is 0.706. The maximum absolute atomic E-state index is 6.09. The van der Waals surface area contributed by atoms with E-state index in [1.54, 1.807) is 23.7 Å². The molecule has 0 aliphatic heterocycles. The lowest BCUT2D eigenvalue weighted by Crippen LogP contribution is -2.05. The van der Waals surface area contributed by atoms with Crippen molar-refractivity contribution < 1.29 is 4.74 Å². The van der Waals surface area contributed by atoms with E-state index in [-0.39, 0.29) is 12.4 Å². The van der Waals surface area contributed by atoms with Crippen LogP contribution in [0.4, 0.5) is 0 Å².